The second kappa shape index (κ2) is 53.4. The quantitative estimate of drug-likeness (QED) is 0.0279. The Balaban J connectivity index is 4.45. The zero-order valence-corrected chi connectivity index (χ0v) is 46.6. The van der Waals surface area contributed by atoms with Gasteiger partial charge in [-0.15, -0.1) is 0 Å². The fourth-order valence-corrected chi connectivity index (χ4v) is 8.87. The van der Waals surface area contributed by atoms with Crippen LogP contribution in [0.3, 0.4) is 0 Å². The molecule has 0 aromatic carbocycles. The molecule has 0 aliphatic heterocycles. The fraction of sp³-hybridized carbons (Fsp3) is 0.883. The van der Waals surface area contributed by atoms with Crippen LogP contribution in [0.4, 0.5) is 4.79 Å². The van der Waals surface area contributed by atoms with E-state index < -0.39 is 0 Å². The molecule has 0 aromatic heterocycles. The minimum absolute atomic E-state index is 0.0354. The Morgan fingerprint density at radius 2 is 0.768 bits per heavy atom. The Labute approximate surface area is 428 Å². The monoisotopic (exact) mass is 974 g/mol. The molecule has 0 saturated carbocycles. The Morgan fingerprint density at radius 1 is 0.406 bits per heavy atom. The van der Waals surface area contributed by atoms with Crippen LogP contribution in [0.5, 0.6) is 0 Å². The van der Waals surface area contributed by atoms with Crippen molar-refractivity contribution in [1.82, 2.24) is 15.1 Å². The highest BCUT2D eigenvalue weighted by Gasteiger charge is 2.17. The highest BCUT2D eigenvalue weighted by molar-refractivity contribution is 5.69. The standard InChI is InChI=1S/C60H115N3O6/c1-7-9-11-13-15-17-19-21-23-25-27-29-31-33-41-50-58(64)67-55-43-36-35-38-47-57(69-60(66)61-52-45-54-63(5)6)48-40-37-39-46-56(49-44-53-62(3)4)68-59(65)51-42-34-32-30-28-26-24-22-20-18-16-14-12-10-8-2/h21-24,56-57H,7-20,25-55H2,1-6H3,(H,61,66)/b23-21-,24-22-. The van der Waals surface area contributed by atoms with E-state index in [1.54, 1.807) is 0 Å². The molecule has 2 unspecified atom stereocenters. The molecule has 1 N–H and O–H groups in total. The van der Waals surface area contributed by atoms with E-state index in [1.165, 1.54) is 141 Å². The summed E-state index contributed by atoms with van der Waals surface area (Å²) < 4.78 is 17.6. The maximum absolute atomic E-state index is 12.9. The van der Waals surface area contributed by atoms with Gasteiger partial charge in [0.15, 0.2) is 0 Å². The van der Waals surface area contributed by atoms with E-state index >= 15 is 0 Å². The maximum atomic E-state index is 12.9. The van der Waals surface area contributed by atoms with Crippen LogP contribution < -0.4 is 5.32 Å². The zero-order chi connectivity index (χ0) is 50.5. The van der Waals surface area contributed by atoms with Crippen LogP contribution in [0.25, 0.3) is 0 Å². The first kappa shape index (κ1) is 66.6. The van der Waals surface area contributed by atoms with Crippen molar-refractivity contribution in [3.05, 3.63) is 24.3 Å². The smallest absolute Gasteiger partial charge is 0.407 e. The van der Waals surface area contributed by atoms with Crippen molar-refractivity contribution in [1.29, 1.82) is 0 Å². The van der Waals surface area contributed by atoms with Gasteiger partial charge in [0, 0.05) is 19.4 Å². The number of alkyl carbamates (subject to hydrolysis) is 1. The number of nitrogens with zero attached hydrogens (tertiary/aromatic N) is 2. The first-order valence-electron chi connectivity index (χ1n) is 29.6. The number of hydrogen-bond donors (Lipinski definition) is 1. The predicted molar refractivity (Wildman–Crippen MR) is 295 cm³/mol. The lowest BCUT2D eigenvalue weighted by atomic mass is 10.0. The Morgan fingerprint density at radius 3 is 1.25 bits per heavy atom. The lowest BCUT2D eigenvalue weighted by molar-refractivity contribution is -0.150. The molecule has 1 amide bonds. The van der Waals surface area contributed by atoms with Crippen molar-refractivity contribution in [2.45, 2.75) is 289 Å². The summed E-state index contributed by atoms with van der Waals surface area (Å²) in [5.41, 5.74) is 0. The molecule has 0 aliphatic rings. The van der Waals surface area contributed by atoms with Gasteiger partial charge in [-0.25, -0.2) is 4.79 Å². The Kier molecular flexibility index (Phi) is 51.6. The number of rotatable bonds is 53. The summed E-state index contributed by atoms with van der Waals surface area (Å²) in [4.78, 5) is 42.3. The summed E-state index contributed by atoms with van der Waals surface area (Å²) in [5.74, 6) is -0.107. The molecule has 0 radical (unpaired) electrons. The predicted octanol–water partition coefficient (Wildman–Crippen LogP) is 16.8. The van der Waals surface area contributed by atoms with E-state index in [0.29, 0.717) is 26.0 Å². The summed E-state index contributed by atoms with van der Waals surface area (Å²) in [5, 5.41) is 2.95. The van der Waals surface area contributed by atoms with E-state index in [1.807, 2.05) is 14.1 Å². The first-order chi connectivity index (χ1) is 33.7. The van der Waals surface area contributed by atoms with Crippen molar-refractivity contribution in [3.63, 3.8) is 0 Å². The zero-order valence-electron chi connectivity index (χ0n) is 46.6. The lowest BCUT2D eigenvalue weighted by Crippen LogP contribution is -2.31. The summed E-state index contributed by atoms with van der Waals surface area (Å²) in [6.07, 6.45) is 54.7. The largest absolute Gasteiger partial charge is 0.466 e. The lowest BCUT2D eigenvalue weighted by Gasteiger charge is -2.20. The van der Waals surface area contributed by atoms with E-state index in [2.05, 4.69) is 67.4 Å². The van der Waals surface area contributed by atoms with Crippen molar-refractivity contribution >= 4 is 18.0 Å². The Hall–Kier alpha value is -2.39. The van der Waals surface area contributed by atoms with Gasteiger partial charge in [-0.05, 0) is 170 Å². The van der Waals surface area contributed by atoms with Gasteiger partial charge in [0.25, 0.3) is 0 Å². The summed E-state index contributed by atoms with van der Waals surface area (Å²) in [6.45, 7) is 7.54. The number of carbonyl (C=O) groups is 3. The number of allylic oxidation sites excluding steroid dienone is 4. The van der Waals surface area contributed by atoms with Crippen LogP contribution in [0.2, 0.25) is 0 Å². The topological polar surface area (TPSA) is 97.4 Å². The number of hydrogen-bond acceptors (Lipinski definition) is 8. The average Bonchev–Trinajstić information content (AvgIpc) is 3.32. The molecule has 0 fully saturated rings. The Bertz CT molecular complexity index is 1180. The van der Waals surface area contributed by atoms with Crippen LogP contribution >= 0.6 is 0 Å². The number of ether oxygens (including phenoxy) is 3. The maximum Gasteiger partial charge on any atom is 0.407 e. The first-order valence-corrected chi connectivity index (χ1v) is 29.6. The number of carbonyl (C=O) groups excluding carboxylic acids is 3. The molecule has 0 saturated heterocycles. The SMILES string of the molecule is CCCCCCCC/C=C\CCCCCCCC(=O)OCCCCCCC(CCCCCC(CCCN(C)C)OC(=O)CCCCCCC/C=C\CCCCCCCC)OC(=O)NCCCN(C)C. The van der Waals surface area contributed by atoms with Crippen LogP contribution in [-0.4, -0.2) is 94.5 Å². The number of nitrogens with one attached hydrogen (secondary N) is 1. The van der Waals surface area contributed by atoms with Gasteiger partial charge in [-0.3, -0.25) is 9.59 Å². The summed E-state index contributed by atoms with van der Waals surface area (Å²) in [6, 6.07) is 0. The minimum atomic E-state index is -0.323. The third-order valence-electron chi connectivity index (χ3n) is 13.3. The van der Waals surface area contributed by atoms with Gasteiger partial charge in [-0.1, -0.05) is 160 Å². The van der Waals surface area contributed by atoms with Gasteiger partial charge >= 0.3 is 18.0 Å². The van der Waals surface area contributed by atoms with Crippen molar-refractivity contribution in [2.75, 3.05) is 54.4 Å². The second-order valence-electron chi connectivity index (χ2n) is 20.9. The molecule has 69 heavy (non-hydrogen) atoms. The van der Waals surface area contributed by atoms with Crippen LogP contribution in [0.1, 0.15) is 277 Å². The molecular formula is C60H115N3O6. The second-order valence-corrected chi connectivity index (χ2v) is 20.9. The molecule has 9 nitrogen and oxygen atoms in total. The minimum Gasteiger partial charge on any atom is -0.466 e. The van der Waals surface area contributed by atoms with Gasteiger partial charge in [0.2, 0.25) is 0 Å². The van der Waals surface area contributed by atoms with Crippen molar-refractivity contribution in [2.24, 2.45) is 0 Å². The van der Waals surface area contributed by atoms with Crippen molar-refractivity contribution < 1.29 is 28.6 Å². The van der Waals surface area contributed by atoms with E-state index in [9.17, 15) is 14.4 Å². The van der Waals surface area contributed by atoms with Gasteiger partial charge in [0.05, 0.1) is 6.61 Å². The van der Waals surface area contributed by atoms with E-state index in [0.717, 1.165) is 122 Å². The molecule has 0 aromatic rings. The fourth-order valence-electron chi connectivity index (χ4n) is 8.87. The molecule has 0 spiro atoms. The number of esters is 2. The molecule has 0 rings (SSSR count). The van der Waals surface area contributed by atoms with Crippen LogP contribution in [0.15, 0.2) is 24.3 Å². The van der Waals surface area contributed by atoms with Gasteiger partial charge in [-0.2, -0.15) is 0 Å². The number of unbranched alkanes of at least 4 members (excludes halogenated alkanes) is 27. The van der Waals surface area contributed by atoms with Gasteiger partial charge in [0.1, 0.15) is 12.2 Å². The average molecular weight is 975 g/mol. The molecule has 9 heteroatoms. The molecule has 0 aliphatic carbocycles. The number of amides is 1. The van der Waals surface area contributed by atoms with Crippen molar-refractivity contribution in [3.8, 4) is 0 Å². The van der Waals surface area contributed by atoms with Crippen LogP contribution in [-0.2, 0) is 23.8 Å². The molecule has 2 atom stereocenters. The molecule has 0 heterocycles. The molecule has 0 bridgehead atoms. The molecular weight excluding hydrogens is 859 g/mol. The highest BCUT2D eigenvalue weighted by atomic mass is 16.6. The van der Waals surface area contributed by atoms with E-state index in [-0.39, 0.29) is 30.2 Å². The summed E-state index contributed by atoms with van der Waals surface area (Å²) in [7, 11) is 8.26. The van der Waals surface area contributed by atoms with E-state index in [4.69, 9.17) is 14.2 Å². The highest BCUT2D eigenvalue weighted by Crippen LogP contribution is 2.20. The van der Waals surface area contributed by atoms with Gasteiger partial charge < -0.3 is 29.3 Å². The third kappa shape index (κ3) is 53.2. The normalized spacial score (nSPS) is 12.7. The summed E-state index contributed by atoms with van der Waals surface area (Å²) >= 11 is 0. The van der Waals surface area contributed by atoms with Crippen LogP contribution in [0, 0.1) is 0 Å². The third-order valence-corrected chi connectivity index (χ3v) is 13.3. The molecule has 406 valence electrons.